The number of carbonyl (C=O) groups is 2. The SMILES string of the molecule is C/C=C/OC(=O)CC(C(=O)OCCCCCCCCCCCCCCCCCCC)S(=O)(=O)[O-].[Na+]. The molecule has 0 aromatic rings. The molecule has 0 aromatic heterocycles. The first-order valence-electron chi connectivity index (χ1n) is 13.2. The van der Waals surface area contributed by atoms with Crippen molar-refractivity contribution in [3.8, 4) is 0 Å². The molecule has 0 heterocycles. The van der Waals surface area contributed by atoms with Crippen molar-refractivity contribution < 1.29 is 61.6 Å². The van der Waals surface area contributed by atoms with Gasteiger partial charge in [0.25, 0.3) is 0 Å². The van der Waals surface area contributed by atoms with Crippen molar-refractivity contribution in [3.05, 3.63) is 12.3 Å². The number of carbonyl (C=O) groups excluding carboxylic acids is 2. The number of allylic oxidation sites excluding steroid dienone is 1. The van der Waals surface area contributed by atoms with Crippen LogP contribution in [0.4, 0.5) is 0 Å². The second-order valence-corrected chi connectivity index (χ2v) is 10.5. The van der Waals surface area contributed by atoms with Crippen LogP contribution >= 0.6 is 0 Å². The van der Waals surface area contributed by atoms with Gasteiger partial charge in [-0.15, -0.1) is 0 Å². The molecule has 0 rings (SSSR count). The predicted octanol–water partition coefficient (Wildman–Crippen LogP) is 3.57. The van der Waals surface area contributed by atoms with E-state index < -0.39 is 33.7 Å². The molecule has 0 saturated heterocycles. The van der Waals surface area contributed by atoms with Crippen LogP contribution < -0.4 is 29.6 Å². The Kier molecular flexibility index (Phi) is 26.5. The number of esters is 2. The maximum Gasteiger partial charge on any atom is 1.00 e. The van der Waals surface area contributed by atoms with Gasteiger partial charge in [0.05, 0.1) is 19.3 Å². The average Bonchev–Trinajstić information content (AvgIpc) is 2.79. The molecule has 35 heavy (non-hydrogen) atoms. The van der Waals surface area contributed by atoms with E-state index in [4.69, 9.17) is 4.74 Å². The summed E-state index contributed by atoms with van der Waals surface area (Å²) in [5.74, 6) is -2.17. The van der Waals surface area contributed by atoms with Gasteiger partial charge in [0.15, 0.2) is 5.25 Å². The summed E-state index contributed by atoms with van der Waals surface area (Å²) in [5.41, 5.74) is 0. The molecule has 0 amide bonds. The zero-order chi connectivity index (χ0) is 25.5. The second-order valence-electron chi connectivity index (χ2n) is 8.97. The van der Waals surface area contributed by atoms with Crippen LogP contribution in [0, 0.1) is 0 Å². The van der Waals surface area contributed by atoms with Gasteiger partial charge in [-0.05, 0) is 13.3 Å². The molecular formula is C26H47NaO7S. The Hall–Kier alpha value is -0.410. The monoisotopic (exact) mass is 526 g/mol. The van der Waals surface area contributed by atoms with Gasteiger partial charge in [-0.2, -0.15) is 0 Å². The van der Waals surface area contributed by atoms with E-state index in [9.17, 15) is 22.6 Å². The van der Waals surface area contributed by atoms with Crippen molar-refractivity contribution in [1.82, 2.24) is 0 Å². The van der Waals surface area contributed by atoms with Gasteiger partial charge in [0.2, 0.25) is 0 Å². The van der Waals surface area contributed by atoms with Crippen LogP contribution in [0.1, 0.15) is 129 Å². The fourth-order valence-corrected chi connectivity index (χ4v) is 4.38. The van der Waals surface area contributed by atoms with E-state index in [0.29, 0.717) is 6.42 Å². The number of unbranched alkanes of at least 4 members (excludes halogenated alkanes) is 16. The van der Waals surface area contributed by atoms with Crippen molar-refractivity contribution in [2.75, 3.05) is 6.61 Å². The van der Waals surface area contributed by atoms with E-state index in [-0.39, 0.29) is 36.2 Å². The topological polar surface area (TPSA) is 110 Å². The minimum atomic E-state index is -5.01. The van der Waals surface area contributed by atoms with Crippen molar-refractivity contribution in [1.29, 1.82) is 0 Å². The molecule has 1 atom stereocenters. The van der Waals surface area contributed by atoms with Gasteiger partial charge in [-0.1, -0.05) is 116 Å². The summed E-state index contributed by atoms with van der Waals surface area (Å²) in [5, 5.41) is -2.07. The van der Waals surface area contributed by atoms with Crippen LogP contribution in [-0.4, -0.2) is 36.8 Å². The Balaban J connectivity index is 0. The van der Waals surface area contributed by atoms with E-state index in [2.05, 4.69) is 11.7 Å². The molecular weight excluding hydrogens is 479 g/mol. The third kappa shape index (κ3) is 23.7. The normalized spacial score (nSPS) is 12.3. The molecule has 1 unspecified atom stereocenters. The zero-order valence-electron chi connectivity index (χ0n) is 22.4. The van der Waals surface area contributed by atoms with Crippen molar-refractivity contribution >= 4 is 22.1 Å². The largest absolute Gasteiger partial charge is 1.00 e. The Morgan fingerprint density at radius 3 is 1.54 bits per heavy atom. The molecule has 0 aliphatic rings. The fourth-order valence-electron chi connectivity index (χ4n) is 3.74. The summed E-state index contributed by atoms with van der Waals surface area (Å²) in [4.78, 5) is 23.5. The molecule has 0 radical (unpaired) electrons. The van der Waals surface area contributed by atoms with Crippen LogP contribution in [0.2, 0.25) is 0 Å². The summed E-state index contributed by atoms with van der Waals surface area (Å²) in [7, 11) is -5.01. The first-order valence-corrected chi connectivity index (χ1v) is 14.7. The maximum atomic E-state index is 11.9. The number of hydrogen-bond donors (Lipinski definition) is 0. The van der Waals surface area contributed by atoms with Gasteiger partial charge in [0.1, 0.15) is 10.1 Å². The number of hydrogen-bond acceptors (Lipinski definition) is 7. The van der Waals surface area contributed by atoms with Crippen LogP contribution in [0.3, 0.4) is 0 Å². The van der Waals surface area contributed by atoms with Crippen molar-refractivity contribution in [2.24, 2.45) is 0 Å². The summed E-state index contributed by atoms with van der Waals surface area (Å²) in [6.45, 7) is 3.89. The van der Waals surface area contributed by atoms with E-state index in [1.165, 1.54) is 89.5 Å². The summed E-state index contributed by atoms with van der Waals surface area (Å²) in [6.07, 6.45) is 22.6. The van der Waals surface area contributed by atoms with Crippen LogP contribution in [0.25, 0.3) is 0 Å². The van der Waals surface area contributed by atoms with Crippen molar-refractivity contribution in [3.63, 3.8) is 0 Å². The molecule has 0 fully saturated rings. The van der Waals surface area contributed by atoms with Gasteiger partial charge >= 0.3 is 41.5 Å². The second kappa shape index (κ2) is 25.2. The molecule has 0 aromatic carbocycles. The molecule has 0 aliphatic heterocycles. The minimum Gasteiger partial charge on any atom is -0.747 e. The molecule has 0 saturated carbocycles. The molecule has 7 nitrogen and oxygen atoms in total. The van der Waals surface area contributed by atoms with E-state index >= 15 is 0 Å². The molecule has 200 valence electrons. The summed E-state index contributed by atoms with van der Waals surface area (Å²) in [6, 6.07) is 0. The van der Waals surface area contributed by atoms with Crippen LogP contribution in [0.5, 0.6) is 0 Å². The summed E-state index contributed by atoms with van der Waals surface area (Å²) < 4.78 is 43.4. The van der Waals surface area contributed by atoms with E-state index in [1.807, 2.05) is 0 Å². The molecule has 0 spiro atoms. The third-order valence-electron chi connectivity index (χ3n) is 5.79. The third-order valence-corrected chi connectivity index (χ3v) is 6.85. The molecule has 9 heteroatoms. The molecule has 0 bridgehead atoms. The first kappa shape index (κ1) is 36.7. The zero-order valence-corrected chi connectivity index (χ0v) is 25.2. The van der Waals surface area contributed by atoms with Gasteiger partial charge in [-0.25, -0.2) is 8.42 Å². The number of ether oxygens (including phenoxy) is 2. The van der Waals surface area contributed by atoms with Gasteiger partial charge in [-0.3, -0.25) is 9.59 Å². The van der Waals surface area contributed by atoms with Crippen LogP contribution in [0.15, 0.2) is 12.3 Å². The Morgan fingerprint density at radius 2 is 1.17 bits per heavy atom. The minimum absolute atomic E-state index is 0. The van der Waals surface area contributed by atoms with E-state index in [1.54, 1.807) is 6.92 Å². The van der Waals surface area contributed by atoms with Gasteiger partial charge in [0, 0.05) is 0 Å². The Morgan fingerprint density at radius 1 is 0.771 bits per heavy atom. The Bertz CT molecular complexity index is 650. The number of rotatable bonds is 23. The average molecular weight is 527 g/mol. The van der Waals surface area contributed by atoms with E-state index in [0.717, 1.165) is 25.5 Å². The predicted molar refractivity (Wildman–Crippen MR) is 134 cm³/mol. The fraction of sp³-hybridized carbons (Fsp3) is 0.846. The van der Waals surface area contributed by atoms with Crippen molar-refractivity contribution in [2.45, 2.75) is 135 Å². The molecule has 0 N–H and O–H groups in total. The Labute approximate surface area is 236 Å². The smallest absolute Gasteiger partial charge is 0.747 e. The quantitative estimate of drug-likeness (QED) is 0.0658. The first-order chi connectivity index (χ1) is 16.3. The molecule has 0 aliphatic carbocycles. The standard InChI is InChI=1S/C26H48O7S.Na/c1-3-5-6-7-8-9-10-11-12-13-14-15-16-17-18-19-20-22-33-26(28)24(34(29,30)31)23-25(27)32-21-4-2;/h4,21,24H,3,5-20,22-23H2,1-2H3,(H,29,30,31);/q;+1/p-1/b21-4+;. The van der Waals surface area contributed by atoms with Crippen LogP contribution in [-0.2, 0) is 29.2 Å². The van der Waals surface area contributed by atoms with Gasteiger partial charge < -0.3 is 14.0 Å². The maximum absolute atomic E-state index is 11.9. The summed E-state index contributed by atoms with van der Waals surface area (Å²) >= 11 is 0.